The van der Waals surface area contributed by atoms with Crippen LogP contribution in [0.1, 0.15) is 0 Å². The molecule has 2 aromatic carbocycles. The lowest BCUT2D eigenvalue weighted by molar-refractivity contribution is 0.628. The van der Waals surface area contributed by atoms with Crippen molar-refractivity contribution in [2.45, 2.75) is 0 Å². The Kier molecular flexibility index (Phi) is 5.58. The lowest BCUT2D eigenvalue weighted by Gasteiger charge is -2.19. The predicted octanol–water partition coefficient (Wildman–Crippen LogP) is 5.86. The van der Waals surface area contributed by atoms with Gasteiger partial charge in [0.05, 0.1) is 16.6 Å². The van der Waals surface area contributed by atoms with Crippen molar-refractivity contribution in [3.8, 4) is 16.9 Å². The summed E-state index contributed by atoms with van der Waals surface area (Å²) in [5, 5.41) is 3.74. The number of rotatable bonds is 6. The lowest BCUT2D eigenvalue weighted by atomic mass is 10.1. The second-order valence-corrected chi connectivity index (χ2v) is 6.85. The van der Waals surface area contributed by atoms with E-state index in [9.17, 15) is 9.18 Å². The van der Waals surface area contributed by atoms with Gasteiger partial charge in [0.1, 0.15) is 11.6 Å². The largest absolute Gasteiger partial charge is 0.341 e. The van der Waals surface area contributed by atoms with Crippen molar-refractivity contribution in [3.05, 3.63) is 126 Å². The highest BCUT2D eigenvalue weighted by atomic mass is 19.1. The number of halogens is 1. The highest BCUT2D eigenvalue weighted by molar-refractivity contribution is 5.86. The molecule has 5 heteroatoms. The van der Waals surface area contributed by atoms with Gasteiger partial charge in [-0.25, -0.2) is 4.39 Å². The molecule has 4 nitrogen and oxygen atoms in total. The number of nitrogens with zero attached hydrogens (tertiary/aromatic N) is 2. The summed E-state index contributed by atoms with van der Waals surface area (Å²) in [6.45, 7) is 7.54. The molecule has 2 heterocycles. The van der Waals surface area contributed by atoms with Crippen LogP contribution < -0.4 is 10.7 Å². The van der Waals surface area contributed by atoms with E-state index < -0.39 is 0 Å². The maximum absolute atomic E-state index is 13.4. The van der Waals surface area contributed by atoms with Gasteiger partial charge in [-0.15, -0.1) is 0 Å². The third-order valence-electron chi connectivity index (χ3n) is 4.84. The minimum absolute atomic E-state index is 0.162. The van der Waals surface area contributed by atoms with Crippen LogP contribution in [0.3, 0.4) is 0 Å². The zero-order chi connectivity index (χ0) is 21.8. The van der Waals surface area contributed by atoms with E-state index in [1.165, 1.54) is 18.2 Å². The standard InChI is InChI=1S/C26H20FN3O/c1-3-8-20(4-2)29-26-16-25(31)22-17-28-23(18-11-13-19(27)14-12-18)15-24(22)30(26)21-9-6-5-7-10-21/h3-17,29H,1-2H2/b20-8+. The zero-order valence-corrected chi connectivity index (χ0v) is 16.8. The fraction of sp³-hybridized carbons (Fsp3) is 0. The maximum atomic E-state index is 13.4. The number of nitrogens with one attached hydrogen (secondary N) is 1. The second-order valence-electron chi connectivity index (χ2n) is 6.85. The summed E-state index contributed by atoms with van der Waals surface area (Å²) in [4.78, 5) is 17.3. The third kappa shape index (κ3) is 4.07. The fourth-order valence-electron chi connectivity index (χ4n) is 3.38. The minimum atomic E-state index is -0.317. The number of fused-ring (bicyclic) bond motifs is 1. The molecule has 4 rings (SSSR count). The van der Waals surface area contributed by atoms with E-state index in [0.29, 0.717) is 28.1 Å². The molecule has 0 bridgehead atoms. The first-order valence-electron chi connectivity index (χ1n) is 9.70. The van der Waals surface area contributed by atoms with Crippen molar-refractivity contribution in [2.75, 3.05) is 5.32 Å². The van der Waals surface area contributed by atoms with Crippen molar-refractivity contribution < 1.29 is 4.39 Å². The zero-order valence-electron chi connectivity index (χ0n) is 16.8. The van der Waals surface area contributed by atoms with E-state index in [2.05, 4.69) is 23.5 Å². The molecule has 2 aromatic heterocycles. The van der Waals surface area contributed by atoms with Gasteiger partial charge in [0.15, 0.2) is 5.43 Å². The maximum Gasteiger partial charge on any atom is 0.193 e. The number of hydrogen-bond donors (Lipinski definition) is 1. The quantitative estimate of drug-likeness (QED) is 0.406. The summed E-state index contributed by atoms with van der Waals surface area (Å²) in [5.41, 5.74) is 3.48. The van der Waals surface area contributed by atoms with E-state index >= 15 is 0 Å². The molecule has 0 fully saturated rings. The van der Waals surface area contributed by atoms with Crippen LogP contribution in [0, 0.1) is 5.82 Å². The van der Waals surface area contributed by atoms with Gasteiger partial charge in [-0.2, -0.15) is 0 Å². The van der Waals surface area contributed by atoms with Crippen LogP contribution in [0.5, 0.6) is 0 Å². The molecular weight excluding hydrogens is 389 g/mol. The van der Waals surface area contributed by atoms with Crippen LogP contribution in [0.15, 0.2) is 115 Å². The molecular formula is C26H20FN3O. The van der Waals surface area contributed by atoms with Gasteiger partial charge < -0.3 is 5.32 Å². The van der Waals surface area contributed by atoms with Gasteiger partial charge in [0.2, 0.25) is 0 Å². The summed E-state index contributed by atoms with van der Waals surface area (Å²) in [7, 11) is 0. The molecule has 0 aliphatic rings. The molecule has 0 saturated heterocycles. The Morgan fingerprint density at radius 1 is 1.03 bits per heavy atom. The summed E-state index contributed by atoms with van der Waals surface area (Å²) in [6.07, 6.45) is 6.63. The van der Waals surface area contributed by atoms with Gasteiger partial charge in [0.25, 0.3) is 0 Å². The fourth-order valence-corrected chi connectivity index (χ4v) is 3.38. The third-order valence-corrected chi connectivity index (χ3v) is 4.84. The molecule has 1 N–H and O–H groups in total. The predicted molar refractivity (Wildman–Crippen MR) is 125 cm³/mol. The van der Waals surface area contributed by atoms with E-state index in [4.69, 9.17) is 0 Å². The van der Waals surface area contributed by atoms with Crippen LogP contribution in [0.25, 0.3) is 27.8 Å². The number of allylic oxidation sites excluding steroid dienone is 3. The summed E-state index contributed by atoms with van der Waals surface area (Å²) < 4.78 is 15.3. The molecule has 0 aliphatic carbocycles. The monoisotopic (exact) mass is 409 g/mol. The van der Waals surface area contributed by atoms with Crippen molar-refractivity contribution in [3.63, 3.8) is 0 Å². The summed E-state index contributed by atoms with van der Waals surface area (Å²) in [5.74, 6) is 0.260. The number of aromatic nitrogens is 2. The van der Waals surface area contributed by atoms with Crippen LogP contribution in [-0.4, -0.2) is 9.55 Å². The topological polar surface area (TPSA) is 46.9 Å². The van der Waals surface area contributed by atoms with Gasteiger partial charge >= 0.3 is 0 Å². The first-order valence-corrected chi connectivity index (χ1v) is 9.70. The van der Waals surface area contributed by atoms with Crippen molar-refractivity contribution in [2.24, 2.45) is 0 Å². The molecule has 0 amide bonds. The Labute approximate surface area is 179 Å². The second kappa shape index (κ2) is 8.63. The average molecular weight is 409 g/mol. The Hall–Kier alpha value is -4.25. The van der Waals surface area contributed by atoms with E-state index in [-0.39, 0.29) is 11.2 Å². The minimum Gasteiger partial charge on any atom is -0.341 e. The van der Waals surface area contributed by atoms with Crippen LogP contribution >= 0.6 is 0 Å². The van der Waals surface area contributed by atoms with E-state index in [1.807, 2.05) is 41.0 Å². The Bertz CT molecular complexity index is 1350. The molecule has 0 unspecified atom stereocenters. The smallest absolute Gasteiger partial charge is 0.193 e. The molecule has 4 aromatic rings. The number of para-hydroxylation sites is 1. The van der Waals surface area contributed by atoms with Crippen LogP contribution in [-0.2, 0) is 0 Å². The molecule has 0 aliphatic heterocycles. The number of hydrogen-bond acceptors (Lipinski definition) is 3. The molecule has 31 heavy (non-hydrogen) atoms. The van der Waals surface area contributed by atoms with E-state index in [1.54, 1.807) is 36.6 Å². The number of benzene rings is 2. The highest BCUT2D eigenvalue weighted by Gasteiger charge is 2.13. The average Bonchev–Trinajstić information content (AvgIpc) is 2.79. The molecule has 0 spiro atoms. The summed E-state index contributed by atoms with van der Waals surface area (Å²) >= 11 is 0. The summed E-state index contributed by atoms with van der Waals surface area (Å²) in [6, 6.07) is 19.2. The van der Waals surface area contributed by atoms with Crippen LogP contribution in [0.4, 0.5) is 10.2 Å². The lowest BCUT2D eigenvalue weighted by Crippen LogP contribution is -2.14. The van der Waals surface area contributed by atoms with Gasteiger partial charge in [-0.1, -0.05) is 37.4 Å². The van der Waals surface area contributed by atoms with Gasteiger partial charge in [-0.05, 0) is 54.6 Å². The highest BCUT2D eigenvalue weighted by Crippen LogP contribution is 2.27. The first-order chi connectivity index (χ1) is 15.1. The molecule has 0 radical (unpaired) electrons. The van der Waals surface area contributed by atoms with Crippen LogP contribution in [0.2, 0.25) is 0 Å². The Morgan fingerprint density at radius 2 is 1.77 bits per heavy atom. The van der Waals surface area contributed by atoms with Crippen molar-refractivity contribution >= 4 is 16.7 Å². The number of anilines is 1. The SMILES string of the molecule is C=C/C=C(\C=C)Nc1cc(=O)c2cnc(-c3ccc(F)cc3)cc2n1-c1ccccc1. The van der Waals surface area contributed by atoms with Gasteiger partial charge in [-0.3, -0.25) is 14.3 Å². The Morgan fingerprint density at radius 3 is 2.45 bits per heavy atom. The normalized spacial score (nSPS) is 11.3. The molecule has 152 valence electrons. The van der Waals surface area contributed by atoms with Crippen molar-refractivity contribution in [1.29, 1.82) is 0 Å². The van der Waals surface area contributed by atoms with Gasteiger partial charge in [0, 0.05) is 29.2 Å². The molecule has 0 saturated carbocycles. The first kappa shape index (κ1) is 20.0. The Balaban J connectivity index is 2.02. The molecule has 0 atom stereocenters. The van der Waals surface area contributed by atoms with E-state index in [0.717, 1.165) is 11.3 Å². The number of pyridine rings is 2. The van der Waals surface area contributed by atoms with Crippen molar-refractivity contribution in [1.82, 2.24) is 9.55 Å².